The molecule has 0 bridgehead atoms. The molecule has 7 rings (SSSR count). The van der Waals surface area contributed by atoms with Crippen molar-refractivity contribution in [3.63, 3.8) is 0 Å². The van der Waals surface area contributed by atoms with Crippen LogP contribution in [0.5, 0.6) is 23.0 Å². The van der Waals surface area contributed by atoms with Gasteiger partial charge in [-0.3, -0.25) is 11.1 Å². The summed E-state index contributed by atoms with van der Waals surface area (Å²) in [5, 5.41) is 10.9. The van der Waals surface area contributed by atoms with Gasteiger partial charge < -0.3 is 25.4 Å². The van der Waals surface area contributed by atoms with Gasteiger partial charge in [0.15, 0.2) is 0 Å². The van der Waals surface area contributed by atoms with Crippen LogP contribution in [-0.2, 0) is 42.1 Å². The molecule has 10 heteroatoms. The molecule has 0 fully saturated rings. The van der Waals surface area contributed by atoms with Crippen molar-refractivity contribution in [3.8, 4) is 56.8 Å². The molecule has 0 aliphatic carbocycles. The molecule has 0 atom stereocenters. The van der Waals surface area contributed by atoms with Gasteiger partial charge in [-0.15, -0.1) is 48.0 Å². The van der Waals surface area contributed by atoms with E-state index in [-0.39, 0.29) is 42.1 Å². The van der Waals surface area contributed by atoms with E-state index < -0.39 is 0 Å². The predicted octanol–water partition coefficient (Wildman–Crippen LogP) is 8.32. The summed E-state index contributed by atoms with van der Waals surface area (Å²) in [4.78, 5) is 4.51. The van der Waals surface area contributed by atoms with Crippen LogP contribution in [0.15, 0.2) is 128 Å². The molecule has 1 aliphatic rings. The third kappa shape index (κ3) is 10.1. The third-order valence-corrected chi connectivity index (χ3v) is 6.85. The Morgan fingerprint density at radius 2 is 1.45 bits per heavy atom. The van der Waals surface area contributed by atoms with Crippen molar-refractivity contribution >= 4 is 23.6 Å². The Kier molecular flexibility index (Phi) is 13.7. The van der Waals surface area contributed by atoms with E-state index >= 15 is 0 Å². The Hall–Kier alpha value is -5.19. The molecule has 0 saturated carbocycles. The molecule has 7 nitrogen and oxygen atoms in total. The van der Waals surface area contributed by atoms with E-state index in [9.17, 15) is 0 Å². The van der Waals surface area contributed by atoms with Crippen molar-refractivity contribution in [3.05, 3.63) is 165 Å². The molecular formula is C39H21N5O2Pt2S+2. The second-order valence-electron chi connectivity index (χ2n) is 9.51. The molecule has 1 aliphatic heterocycles. The number of benzene rings is 4. The minimum Gasteiger partial charge on any atom is -0.669 e. The Bertz CT molecular complexity index is 2200. The van der Waals surface area contributed by atoms with Gasteiger partial charge in [0.1, 0.15) is 5.69 Å². The van der Waals surface area contributed by atoms with E-state index in [1.54, 1.807) is 50.2 Å². The van der Waals surface area contributed by atoms with E-state index in [0.717, 1.165) is 40.0 Å². The SMILES string of the molecule is N#CS[N+]1=C=[N+](c2[c-]c(Oc3[c-]c(-c4cc(-c5[c-]c(Oc6[c-]cccc6)ccc5)[c-]cn4)ccc3)ccc2)C=C1.[C-]#Cn1cccc1.[Pt+2].[Pt+4]. The first-order valence-electron chi connectivity index (χ1n) is 14.1. The summed E-state index contributed by atoms with van der Waals surface area (Å²) in [5.41, 5.74) is 3.86. The van der Waals surface area contributed by atoms with Crippen LogP contribution in [0.4, 0.5) is 5.69 Å². The van der Waals surface area contributed by atoms with Crippen LogP contribution < -0.4 is 9.47 Å². The van der Waals surface area contributed by atoms with Crippen LogP contribution in [0.2, 0.25) is 0 Å². The van der Waals surface area contributed by atoms with Gasteiger partial charge in [0.05, 0.1) is 0 Å². The zero-order valence-corrected chi connectivity index (χ0v) is 30.6. The number of pyridine rings is 1. The molecule has 4 aromatic carbocycles. The van der Waals surface area contributed by atoms with E-state index in [2.05, 4.69) is 47.4 Å². The quantitative estimate of drug-likeness (QED) is 0.0505. The van der Waals surface area contributed by atoms with Crippen molar-refractivity contribution in [2.75, 3.05) is 0 Å². The number of nitriles is 1. The van der Waals surface area contributed by atoms with Gasteiger partial charge >= 0.3 is 60.1 Å². The minimum atomic E-state index is 0. The van der Waals surface area contributed by atoms with Crippen LogP contribution in [0.1, 0.15) is 0 Å². The van der Waals surface area contributed by atoms with Crippen LogP contribution in [-0.4, -0.2) is 24.1 Å². The summed E-state index contributed by atoms with van der Waals surface area (Å²) in [6.45, 7) is 0. The van der Waals surface area contributed by atoms with Crippen LogP contribution in [0, 0.1) is 53.5 Å². The maximum absolute atomic E-state index is 8.86. The largest absolute Gasteiger partial charge is 4.00 e. The third-order valence-electron chi connectivity index (χ3n) is 6.37. The summed E-state index contributed by atoms with van der Waals surface area (Å²) in [7, 11) is 0. The number of aromatic nitrogens is 2. The topological polar surface area (TPSA) is 66.1 Å². The number of rotatable bonds is 8. The molecule has 3 heterocycles. The van der Waals surface area contributed by atoms with Gasteiger partial charge in [-0.25, -0.2) is 24.2 Å². The second kappa shape index (κ2) is 18.4. The van der Waals surface area contributed by atoms with Crippen LogP contribution in [0.3, 0.4) is 0 Å². The van der Waals surface area contributed by atoms with Crippen molar-refractivity contribution < 1.29 is 60.2 Å². The Labute approximate surface area is 318 Å². The van der Waals surface area contributed by atoms with Crippen molar-refractivity contribution in [1.82, 2.24) is 9.55 Å². The maximum Gasteiger partial charge on any atom is 4.00 e. The first kappa shape index (κ1) is 36.6. The summed E-state index contributed by atoms with van der Waals surface area (Å²) < 4.78 is 16.8. The standard InChI is InChI=1S/C33H17N4O2S.C6H4N.2Pt/c34-23-40-37-18-17-36(24-37)28-9-6-14-32(22-28)39-31-13-5-8-27(20-31)33-21-26(15-16-35-33)25-7-4-12-30(19-25)38-29-10-2-1-3-11-29;1-2-7-5-3-4-6-7;;/h1-10,12-14,16-18,21H;3-6H;;/q-3;-1;+2;+4. The average molecular weight is 1010 g/mol. The fourth-order valence-corrected chi connectivity index (χ4v) is 4.59. The minimum absolute atomic E-state index is 0. The molecule has 0 saturated heterocycles. The van der Waals surface area contributed by atoms with Gasteiger partial charge in [-0.2, -0.15) is 41.7 Å². The molecule has 0 unspecified atom stereocenters. The van der Waals surface area contributed by atoms with Gasteiger partial charge in [0.25, 0.3) is 12.4 Å². The van der Waals surface area contributed by atoms with Crippen LogP contribution in [0.25, 0.3) is 22.4 Å². The molecule has 2 aromatic heterocycles. The molecule has 0 amide bonds. The summed E-state index contributed by atoms with van der Waals surface area (Å²) in [6.07, 6.45) is 15.3. The van der Waals surface area contributed by atoms with E-state index in [4.69, 9.17) is 21.2 Å². The van der Waals surface area contributed by atoms with Crippen molar-refractivity contribution in [2.24, 2.45) is 0 Å². The van der Waals surface area contributed by atoms with Crippen molar-refractivity contribution in [1.29, 1.82) is 5.26 Å². The Morgan fingerprint density at radius 1 is 0.776 bits per heavy atom. The molecule has 0 N–H and O–H groups in total. The van der Waals surface area contributed by atoms with Gasteiger partial charge in [0, 0.05) is 35.4 Å². The number of hydrogen-bond acceptors (Lipinski definition) is 5. The number of hydrogen-bond donors (Lipinski definition) is 0. The Balaban J connectivity index is 0.000000537. The Morgan fingerprint density at radius 3 is 2.14 bits per heavy atom. The number of nitrogens with zero attached hydrogens (tertiary/aromatic N) is 5. The van der Waals surface area contributed by atoms with Gasteiger partial charge in [-0.05, 0) is 16.1 Å². The van der Waals surface area contributed by atoms with Crippen molar-refractivity contribution in [2.45, 2.75) is 0 Å². The fourth-order valence-electron chi connectivity index (χ4n) is 4.26. The molecule has 49 heavy (non-hydrogen) atoms. The van der Waals surface area contributed by atoms with E-state index in [1.165, 1.54) is 0 Å². The molecular weight excluding hydrogens is 993 g/mol. The first-order chi connectivity index (χ1) is 23.2. The maximum atomic E-state index is 8.86. The number of ether oxygens (including phenoxy) is 2. The molecule has 238 valence electrons. The summed E-state index contributed by atoms with van der Waals surface area (Å²) >= 11 is 0.975. The summed E-state index contributed by atoms with van der Waals surface area (Å²) in [5.74, 6) is 2.25. The number of thiocyanates is 1. The smallest absolute Gasteiger partial charge is 0.669 e. The van der Waals surface area contributed by atoms with Gasteiger partial charge in [-0.1, -0.05) is 34.7 Å². The molecule has 0 radical (unpaired) electrons. The predicted molar refractivity (Wildman–Crippen MR) is 177 cm³/mol. The van der Waals surface area contributed by atoms with Crippen LogP contribution >= 0.6 is 11.9 Å². The monoisotopic (exact) mass is 1010 g/mol. The molecule has 6 aromatic rings. The second-order valence-corrected chi connectivity index (χ2v) is 10.3. The first-order valence-corrected chi connectivity index (χ1v) is 14.9. The molecule has 0 spiro atoms. The zero-order valence-electron chi connectivity index (χ0n) is 25.2. The van der Waals surface area contributed by atoms with E-state index in [0.29, 0.717) is 23.0 Å². The fraction of sp³-hybridized carbons (Fsp3) is 0. The number of para-hydroxylation sites is 1. The van der Waals surface area contributed by atoms with E-state index in [1.807, 2.05) is 96.4 Å². The zero-order chi connectivity index (χ0) is 32.3. The normalized spacial score (nSPS) is 10.8. The van der Waals surface area contributed by atoms with Gasteiger partial charge in [0.2, 0.25) is 5.40 Å². The summed E-state index contributed by atoms with van der Waals surface area (Å²) in [6, 6.07) is 51.3. The average Bonchev–Trinajstić information content (AvgIpc) is 3.83.